The fraction of sp³-hybridized carbons (Fsp3) is 0.348. The van der Waals surface area contributed by atoms with Crippen LogP contribution in [0.2, 0.25) is 0 Å². The first kappa shape index (κ1) is 21.4. The summed E-state index contributed by atoms with van der Waals surface area (Å²) in [6, 6.07) is 11.8. The molecule has 1 fully saturated rings. The van der Waals surface area contributed by atoms with Crippen LogP contribution in [0.25, 0.3) is 0 Å². The summed E-state index contributed by atoms with van der Waals surface area (Å²) in [5, 5.41) is 0. The number of nitrogens with zero attached hydrogens (tertiary/aromatic N) is 2. The van der Waals surface area contributed by atoms with E-state index < -0.39 is 23.9 Å². The molecule has 1 saturated heterocycles. The van der Waals surface area contributed by atoms with Gasteiger partial charge in [-0.2, -0.15) is 0 Å². The highest BCUT2D eigenvalue weighted by Gasteiger charge is 2.46. The molecule has 0 bridgehead atoms. The Hall–Kier alpha value is -3.35. The lowest BCUT2D eigenvalue weighted by molar-refractivity contribution is -0.144. The topological polar surface area (TPSA) is 76.2 Å². The molecule has 0 radical (unpaired) electrons. The zero-order valence-electron chi connectivity index (χ0n) is 17.7. The number of ether oxygens (including phenoxy) is 2. The Morgan fingerprint density at radius 1 is 0.933 bits per heavy atom. The van der Waals surface area contributed by atoms with Crippen molar-refractivity contribution in [2.75, 3.05) is 14.2 Å². The molecular weight excluding hydrogens is 384 g/mol. The molecule has 3 rings (SSSR count). The summed E-state index contributed by atoms with van der Waals surface area (Å²) in [4.78, 5) is 40.7. The normalized spacial score (nSPS) is 16.2. The van der Waals surface area contributed by atoms with E-state index in [1.807, 2.05) is 44.2 Å². The van der Waals surface area contributed by atoms with Gasteiger partial charge in [0.25, 0.3) is 5.91 Å². The summed E-state index contributed by atoms with van der Waals surface area (Å²) < 4.78 is 9.91. The van der Waals surface area contributed by atoms with Crippen molar-refractivity contribution in [2.24, 2.45) is 0 Å². The van der Waals surface area contributed by atoms with E-state index in [0.717, 1.165) is 22.3 Å². The molecule has 0 saturated carbocycles. The van der Waals surface area contributed by atoms with E-state index in [0.29, 0.717) is 5.75 Å². The lowest BCUT2D eigenvalue weighted by Gasteiger charge is -2.21. The Morgan fingerprint density at radius 3 is 2.20 bits per heavy atom. The number of esters is 1. The largest absolute Gasteiger partial charge is 0.497 e. The summed E-state index contributed by atoms with van der Waals surface area (Å²) in [6.07, 6.45) is -0.180. The van der Waals surface area contributed by atoms with Crippen molar-refractivity contribution in [1.29, 1.82) is 0 Å². The van der Waals surface area contributed by atoms with Crippen LogP contribution in [0.5, 0.6) is 5.75 Å². The molecule has 1 unspecified atom stereocenters. The van der Waals surface area contributed by atoms with Gasteiger partial charge < -0.3 is 14.4 Å². The predicted molar refractivity (Wildman–Crippen MR) is 111 cm³/mol. The molecule has 158 valence electrons. The van der Waals surface area contributed by atoms with Crippen LogP contribution in [0.4, 0.5) is 4.79 Å². The monoisotopic (exact) mass is 410 g/mol. The van der Waals surface area contributed by atoms with Crippen molar-refractivity contribution in [1.82, 2.24) is 9.80 Å². The molecule has 1 aliphatic heterocycles. The van der Waals surface area contributed by atoms with Crippen molar-refractivity contribution in [3.8, 4) is 5.75 Å². The van der Waals surface area contributed by atoms with E-state index in [4.69, 9.17) is 9.47 Å². The minimum absolute atomic E-state index is 0.162. The van der Waals surface area contributed by atoms with Crippen LogP contribution in [-0.4, -0.2) is 48.0 Å². The van der Waals surface area contributed by atoms with E-state index >= 15 is 0 Å². The van der Waals surface area contributed by atoms with Crippen molar-refractivity contribution in [3.05, 3.63) is 64.7 Å². The van der Waals surface area contributed by atoms with Crippen molar-refractivity contribution < 1.29 is 23.9 Å². The molecule has 7 heteroatoms. The maximum absolute atomic E-state index is 13.1. The third-order valence-electron chi connectivity index (χ3n) is 5.42. The third-order valence-corrected chi connectivity index (χ3v) is 5.42. The van der Waals surface area contributed by atoms with Gasteiger partial charge in [0, 0.05) is 6.54 Å². The fourth-order valence-corrected chi connectivity index (χ4v) is 3.47. The summed E-state index contributed by atoms with van der Waals surface area (Å²) >= 11 is 0. The molecule has 7 nitrogen and oxygen atoms in total. The first-order chi connectivity index (χ1) is 14.3. The molecule has 0 spiro atoms. The second kappa shape index (κ2) is 8.98. The van der Waals surface area contributed by atoms with Gasteiger partial charge in [0.15, 0.2) is 0 Å². The summed E-state index contributed by atoms with van der Waals surface area (Å²) in [7, 11) is 2.85. The second-order valence-corrected chi connectivity index (χ2v) is 7.40. The standard InChI is InChI=1S/C23H26N2O5/c1-15-5-6-18(11-16(15)2)14-25-22(27)20(12-21(26)30-4)24(23(25)28)13-17-7-9-19(29-3)10-8-17/h5-11,20H,12-14H2,1-4H3. The first-order valence-electron chi connectivity index (χ1n) is 9.72. The van der Waals surface area contributed by atoms with Crippen LogP contribution in [0.3, 0.4) is 0 Å². The summed E-state index contributed by atoms with van der Waals surface area (Å²) in [6.45, 7) is 4.37. The minimum atomic E-state index is -0.890. The maximum atomic E-state index is 13.1. The van der Waals surface area contributed by atoms with Gasteiger partial charge in [-0.1, -0.05) is 30.3 Å². The van der Waals surface area contributed by atoms with Gasteiger partial charge in [-0.3, -0.25) is 14.5 Å². The zero-order valence-corrected chi connectivity index (χ0v) is 17.7. The Kier molecular flexibility index (Phi) is 6.40. The molecule has 0 aromatic heterocycles. The number of methoxy groups -OCH3 is 2. The molecule has 0 aliphatic carbocycles. The molecule has 2 aromatic rings. The molecule has 3 amide bonds. The van der Waals surface area contributed by atoms with Gasteiger partial charge in [0.05, 0.1) is 27.2 Å². The number of hydrogen-bond acceptors (Lipinski definition) is 5. The van der Waals surface area contributed by atoms with Crippen LogP contribution in [-0.2, 0) is 27.4 Å². The molecule has 0 N–H and O–H groups in total. The summed E-state index contributed by atoms with van der Waals surface area (Å²) in [5.41, 5.74) is 3.93. The highest BCUT2D eigenvalue weighted by molar-refractivity contribution is 6.05. The zero-order chi connectivity index (χ0) is 21.8. The lowest BCUT2D eigenvalue weighted by atomic mass is 10.1. The average molecular weight is 410 g/mol. The number of carbonyl (C=O) groups excluding carboxylic acids is 3. The van der Waals surface area contributed by atoms with Crippen LogP contribution in [0.1, 0.15) is 28.7 Å². The predicted octanol–water partition coefficient (Wildman–Crippen LogP) is 3.21. The molecule has 1 aliphatic rings. The Balaban J connectivity index is 1.85. The van der Waals surface area contributed by atoms with Crippen molar-refractivity contribution in [3.63, 3.8) is 0 Å². The van der Waals surface area contributed by atoms with Gasteiger partial charge >= 0.3 is 12.0 Å². The van der Waals surface area contributed by atoms with E-state index in [-0.39, 0.29) is 19.5 Å². The molecule has 1 heterocycles. The Morgan fingerprint density at radius 2 is 1.60 bits per heavy atom. The van der Waals surface area contributed by atoms with Gasteiger partial charge in [-0.25, -0.2) is 4.79 Å². The molecule has 30 heavy (non-hydrogen) atoms. The average Bonchev–Trinajstić information content (AvgIpc) is 2.95. The van der Waals surface area contributed by atoms with E-state index in [1.54, 1.807) is 19.2 Å². The SMILES string of the molecule is COC(=O)CC1C(=O)N(Cc2ccc(C)c(C)c2)C(=O)N1Cc1ccc(OC)cc1. The van der Waals surface area contributed by atoms with E-state index in [9.17, 15) is 14.4 Å². The van der Waals surface area contributed by atoms with E-state index in [1.165, 1.54) is 16.9 Å². The number of carbonyl (C=O) groups is 3. The summed E-state index contributed by atoms with van der Waals surface area (Å²) in [5.74, 6) is -0.226. The number of rotatable bonds is 7. The van der Waals surface area contributed by atoms with E-state index in [2.05, 4.69) is 0 Å². The molecule has 2 aromatic carbocycles. The second-order valence-electron chi connectivity index (χ2n) is 7.40. The van der Waals surface area contributed by atoms with Crippen molar-refractivity contribution >= 4 is 17.9 Å². The number of imide groups is 1. The smallest absolute Gasteiger partial charge is 0.328 e. The Bertz CT molecular complexity index is 955. The fourth-order valence-electron chi connectivity index (χ4n) is 3.47. The first-order valence-corrected chi connectivity index (χ1v) is 9.72. The number of urea groups is 1. The van der Waals surface area contributed by atoms with Crippen molar-refractivity contribution in [2.45, 2.75) is 39.4 Å². The van der Waals surface area contributed by atoms with Crippen LogP contribution < -0.4 is 4.74 Å². The Labute approximate surface area is 176 Å². The minimum Gasteiger partial charge on any atom is -0.497 e. The van der Waals surface area contributed by atoms with Gasteiger partial charge in [0.2, 0.25) is 0 Å². The highest BCUT2D eigenvalue weighted by Crippen LogP contribution is 2.26. The lowest BCUT2D eigenvalue weighted by Crippen LogP contribution is -2.36. The number of aryl methyl sites for hydroxylation is 2. The highest BCUT2D eigenvalue weighted by atomic mass is 16.5. The maximum Gasteiger partial charge on any atom is 0.328 e. The number of benzene rings is 2. The van der Waals surface area contributed by atoms with Gasteiger partial charge in [0.1, 0.15) is 11.8 Å². The third kappa shape index (κ3) is 4.45. The van der Waals surface area contributed by atoms with Crippen LogP contribution in [0.15, 0.2) is 42.5 Å². The quantitative estimate of drug-likeness (QED) is 0.518. The van der Waals surface area contributed by atoms with Crippen LogP contribution in [0, 0.1) is 13.8 Å². The van der Waals surface area contributed by atoms with Crippen LogP contribution >= 0.6 is 0 Å². The van der Waals surface area contributed by atoms with Gasteiger partial charge in [-0.15, -0.1) is 0 Å². The van der Waals surface area contributed by atoms with Gasteiger partial charge in [-0.05, 0) is 48.2 Å². The molecular formula is C23H26N2O5. The number of amides is 3. The number of hydrogen-bond donors (Lipinski definition) is 0. The molecule has 1 atom stereocenters.